The van der Waals surface area contributed by atoms with Gasteiger partial charge in [-0.2, -0.15) is 0 Å². The van der Waals surface area contributed by atoms with E-state index in [-0.39, 0.29) is 39.2 Å². The molecule has 1 atom stereocenters. The molecule has 0 heterocycles. The average molecular weight is 574 g/mol. The van der Waals surface area contributed by atoms with E-state index >= 15 is 0 Å². The van der Waals surface area contributed by atoms with Crippen molar-refractivity contribution in [1.29, 1.82) is 0 Å². The van der Waals surface area contributed by atoms with E-state index in [1.165, 1.54) is 9.80 Å². The Labute approximate surface area is 237 Å². The highest BCUT2D eigenvalue weighted by Crippen LogP contribution is 2.14. The number of esters is 1. The van der Waals surface area contributed by atoms with Crippen LogP contribution in [0.1, 0.15) is 11.1 Å². The Hall–Kier alpha value is -4.33. The van der Waals surface area contributed by atoms with Crippen molar-refractivity contribution in [3.05, 3.63) is 71.8 Å². The van der Waals surface area contributed by atoms with Gasteiger partial charge in [-0.05, 0) is 17.5 Å². The summed E-state index contributed by atoms with van der Waals surface area (Å²) in [6.07, 6.45) is 0.185. The molecule has 13 heteroatoms. The monoisotopic (exact) mass is 573 g/mol. The molecule has 2 aromatic carbocycles. The van der Waals surface area contributed by atoms with E-state index in [1.807, 2.05) is 24.3 Å². The fourth-order valence-corrected chi connectivity index (χ4v) is 4.18. The first-order valence-electron chi connectivity index (χ1n) is 12.8. The van der Waals surface area contributed by atoms with Crippen molar-refractivity contribution in [3.8, 4) is 0 Å². The first-order valence-corrected chi connectivity index (χ1v) is 12.8. The predicted molar refractivity (Wildman–Crippen MR) is 145 cm³/mol. The first-order chi connectivity index (χ1) is 19.5. The van der Waals surface area contributed by atoms with E-state index in [2.05, 4.69) is 0 Å². The van der Waals surface area contributed by atoms with E-state index in [0.29, 0.717) is 0 Å². The molecule has 0 spiro atoms. The van der Waals surface area contributed by atoms with E-state index in [1.54, 1.807) is 41.3 Å². The van der Waals surface area contributed by atoms with Gasteiger partial charge in [0.05, 0.1) is 26.2 Å². The SMILES string of the molecule is O=C(O)CN(CCN(CCN(CC(=O)O)CC(=O)O)[C@H](Cc1ccccc1)C(=O)OCc1ccccc1)CC(=O)O. The van der Waals surface area contributed by atoms with Crippen LogP contribution in [0.2, 0.25) is 0 Å². The Kier molecular flexibility index (Phi) is 13.9. The molecule has 222 valence electrons. The van der Waals surface area contributed by atoms with Crippen LogP contribution in [0.4, 0.5) is 0 Å². The lowest BCUT2D eigenvalue weighted by atomic mass is 10.0. The number of carbonyl (C=O) groups is 5. The normalized spacial score (nSPS) is 11.9. The maximum Gasteiger partial charge on any atom is 0.324 e. The molecule has 0 fully saturated rings. The maximum absolute atomic E-state index is 13.5. The molecular formula is C28H35N3O10. The minimum Gasteiger partial charge on any atom is -0.480 e. The van der Waals surface area contributed by atoms with Crippen molar-refractivity contribution < 1.29 is 49.1 Å². The molecule has 0 bridgehead atoms. The molecule has 0 radical (unpaired) electrons. The largest absolute Gasteiger partial charge is 0.480 e. The number of carboxylic acids is 4. The fourth-order valence-electron chi connectivity index (χ4n) is 4.18. The number of rotatable bonds is 20. The molecule has 0 saturated heterocycles. The molecule has 13 nitrogen and oxygen atoms in total. The summed E-state index contributed by atoms with van der Waals surface area (Å²) >= 11 is 0. The van der Waals surface area contributed by atoms with Gasteiger partial charge in [0.1, 0.15) is 12.6 Å². The highest BCUT2D eigenvalue weighted by atomic mass is 16.5. The minimum absolute atomic E-state index is 0.00684. The van der Waals surface area contributed by atoms with Crippen LogP contribution in [0.3, 0.4) is 0 Å². The lowest BCUT2D eigenvalue weighted by molar-refractivity contribution is -0.152. The van der Waals surface area contributed by atoms with Gasteiger partial charge in [-0.15, -0.1) is 0 Å². The smallest absolute Gasteiger partial charge is 0.324 e. The summed E-state index contributed by atoms with van der Waals surface area (Å²) < 4.78 is 5.63. The summed E-state index contributed by atoms with van der Waals surface area (Å²) in [6.45, 7) is -2.26. The van der Waals surface area contributed by atoms with Gasteiger partial charge < -0.3 is 25.2 Å². The van der Waals surface area contributed by atoms with Gasteiger partial charge in [0.15, 0.2) is 0 Å². The Morgan fingerprint density at radius 3 is 1.37 bits per heavy atom. The molecule has 0 amide bonds. The van der Waals surface area contributed by atoms with Crippen LogP contribution in [0.15, 0.2) is 60.7 Å². The molecule has 0 aromatic heterocycles. The second kappa shape index (κ2) is 17.4. The Balaban J connectivity index is 2.35. The standard InChI is InChI=1S/C28H35N3O10/c32-24(33)16-29(17-25(34)35)11-13-31(14-12-30(18-26(36)37)19-27(38)39)23(15-21-7-3-1-4-8-21)28(40)41-20-22-9-5-2-6-10-22/h1-10,23H,11-20H2,(H,32,33)(H,34,35)(H,36,37)(H,38,39)/t23-/m1/s1. The molecule has 41 heavy (non-hydrogen) atoms. The molecule has 2 aromatic rings. The molecular weight excluding hydrogens is 538 g/mol. The summed E-state index contributed by atoms with van der Waals surface area (Å²) in [5, 5.41) is 36.9. The number of benzene rings is 2. The number of hydrogen-bond acceptors (Lipinski definition) is 9. The highest BCUT2D eigenvalue weighted by Gasteiger charge is 2.29. The predicted octanol–water partition coefficient (Wildman–Crippen LogP) is 0.586. The zero-order valence-electron chi connectivity index (χ0n) is 22.5. The van der Waals surface area contributed by atoms with Gasteiger partial charge in [-0.1, -0.05) is 60.7 Å². The summed E-state index contributed by atoms with van der Waals surface area (Å²) in [4.78, 5) is 62.8. The third-order valence-electron chi connectivity index (χ3n) is 6.05. The van der Waals surface area contributed by atoms with Crippen molar-refractivity contribution in [2.45, 2.75) is 19.1 Å². The van der Waals surface area contributed by atoms with Gasteiger partial charge in [0.25, 0.3) is 0 Å². The van der Waals surface area contributed by atoms with Crippen molar-refractivity contribution in [3.63, 3.8) is 0 Å². The summed E-state index contributed by atoms with van der Waals surface area (Å²) in [5.74, 6) is -5.50. The first kappa shape index (κ1) is 32.9. The van der Waals surface area contributed by atoms with Gasteiger partial charge in [-0.3, -0.25) is 38.7 Å². The van der Waals surface area contributed by atoms with E-state index < -0.39 is 62.1 Å². The summed E-state index contributed by atoms with van der Waals surface area (Å²) in [5.41, 5.74) is 1.55. The molecule has 0 aliphatic heterocycles. The van der Waals surface area contributed by atoms with Gasteiger partial charge >= 0.3 is 29.8 Å². The Morgan fingerprint density at radius 2 is 0.976 bits per heavy atom. The number of ether oxygens (including phenoxy) is 1. The number of aliphatic carboxylic acids is 4. The van der Waals surface area contributed by atoms with E-state index in [0.717, 1.165) is 11.1 Å². The fraction of sp³-hybridized carbons (Fsp3) is 0.393. The second-order valence-electron chi connectivity index (χ2n) is 9.33. The number of hydrogen-bond donors (Lipinski definition) is 4. The Morgan fingerprint density at radius 1 is 0.585 bits per heavy atom. The van der Waals surface area contributed by atoms with Crippen LogP contribution in [0, 0.1) is 0 Å². The third kappa shape index (κ3) is 13.5. The van der Waals surface area contributed by atoms with Crippen molar-refractivity contribution >= 4 is 29.8 Å². The number of carbonyl (C=O) groups excluding carboxylic acids is 1. The van der Waals surface area contributed by atoms with E-state index in [4.69, 9.17) is 4.74 Å². The van der Waals surface area contributed by atoms with Crippen molar-refractivity contribution in [1.82, 2.24) is 14.7 Å². The summed E-state index contributed by atoms with van der Waals surface area (Å²) in [7, 11) is 0. The average Bonchev–Trinajstić information content (AvgIpc) is 2.90. The molecule has 4 N–H and O–H groups in total. The Bertz CT molecular complexity index is 1070. The van der Waals surface area contributed by atoms with Crippen LogP contribution in [0.5, 0.6) is 0 Å². The lowest BCUT2D eigenvalue weighted by Gasteiger charge is -2.33. The highest BCUT2D eigenvalue weighted by molar-refractivity contribution is 5.76. The number of nitrogens with zero attached hydrogens (tertiary/aromatic N) is 3. The zero-order chi connectivity index (χ0) is 30.2. The topological polar surface area (TPSA) is 185 Å². The van der Waals surface area contributed by atoms with Crippen molar-refractivity contribution in [2.24, 2.45) is 0 Å². The van der Waals surface area contributed by atoms with Crippen molar-refractivity contribution in [2.75, 3.05) is 52.4 Å². The van der Waals surface area contributed by atoms with E-state index in [9.17, 15) is 44.4 Å². The van der Waals surface area contributed by atoms with Crippen LogP contribution >= 0.6 is 0 Å². The number of carboxylic acid groups (broad SMARTS) is 4. The molecule has 0 aliphatic rings. The zero-order valence-corrected chi connectivity index (χ0v) is 22.5. The molecule has 0 unspecified atom stereocenters. The quantitative estimate of drug-likeness (QED) is 0.161. The molecule has 0 aliphatic carbocycles. The van der Waals surface area contributed by atoms with Crippen LogP contribution in [-0.2, 0) is 41.7 Å². The van der Waals surface area contributed by atoms with Gasteiger partial charge in [0, 0.05) is 26.2 Å². The van der Waals surface area contributed by atoms with Gasteiger partial charge in [-0.25, -0.2) is 0 Å². The van der Waals surface area contributed by atoms with Crippen LogP contribution in [0.25, 0.3) is 0 Å². The second-order valence-corrected chi connectivity index (χ2v) is 9.33. The third-order valence-corrected chi connectivity index (χ3v) is 6.05. The van der Waals surface area contributed by atoms with Crippen LogP contribution < -0.4 is 0 Å². The molecule has 2 rings (SSSR count). The summed E-state index contributed by atoms with van der Waals surface area (Å²) in [6, 6.07) is 17.1. The van der Waals surface area contributed by atoms with Gasteiger partial charge in [0.2, 0.25) is 0 Å². The van der Waals surface area contributed by atoms with Crippen LogP contribution in [-0.4, -0.2) is 123 Å². The lowest BCUT2D eigenvalue weighted by Crippen LogP contribution is -2.51. The molecule has 0 saturated carbocycles. The maximum atomic E-state index is 13.5. The minimum atomic E-state index is -1.23.